The summed E-state index contributed by atoms with van der Waals surface area (Å²) in [5, 5.41) is 3.35. The lowest BCUT2D eigenvalue weighted by Gasteiger charge is -2.08. The molecule has 1 aromatic carbocycles. The number of rotatable bonds is 3. The third kappa shape index (κ3) is 2.91. The van der Waals surface area contributed by atoms with E-state index in [1.165, 1.54) is 6.20 Å². The van der Waals surface area contributed by atoms with Gasteiger partial charge in [0.2, 0.25) is 0 Å². The second-order valence-corrected chi connectivity index (χ2v) is 3.85. The van der Waals surface area contributed by atoms with E-state index in [-0.39, 0.29) is 12.1 Å². The van der Waals surface area contributed by atoms with E-state index in [0.717, 1.165) is 18.2 Å². The molecule has 1 heterocycles. The summed E-state index contributed by atoms with van der Waals surface area (Å²) in [4.78, 5) is 3.83. The van der Waals surface area contributed by atoms with Crippen LogP contribution in [0.5, 0.6) is 0 Å². The van der Waals surface area contributed by atoms with E-state index in [1.54, 1.807) is 12.3 Å². The quantitative estimate of drug-likeness (QED) is 0.905. The molecule has 0 amide bonds. The lowest BCUT2D eigenvalue weighted by molar-refractivity contribution is 0.587. The van der Waals surface area contributed by atoms with Crippen LogP contribution in [-0.4, -0.2) is 4.98 Å². The zero-order valence-electron chi connectivity index (χ0n) is 8.75. The first-order chi connectivity index (χ1) is 8.16. The normalized spacial score (nSPS) is 10.3. The van der Waals surface area contributed by atoms with Gasteiger partial charge in [0.15, 0.2) is 0 Å². The van der Waals surface area contributed by atoms with Crippen LogP contribution >= 0.6 is 11.6 Å². The monoisotopic (exact) mass is 254 g/mol. The Labute approximate surface area is 102 Å². The lowest BCUT2D eigenvalue weighted by Crippen LogP contribution is -2.03. The Morgan fingerprint density at radius 2 is 2.06 bits per heavy atom. The minimum Gasteiger partial charge on any atom is -0.380 e. The minimum atomic E-state index is -0.468. The molecule has 0 bridgehead atoms. The Balaban J connectivity index is 2.12. The molecule has 5 heteroatoms. The molecule has 0 aliphatic rings. The van der Waals surface area contributed by atoms with Gasteiger partial charge >= 0.3 is 0 Å². The molecule has 17 heavy (non-hydrogen) atoms. The van der Waals surface area contributed by atoms with Crippen molar-refractivity contribution in [3.05, 3.63) is 58.9 Å². The highest BCUT2D eigenvalue weighted by Crippen LogP contribution is 2.20. The Kier molecular flexibility index (Phi) is 3.54. The number of hydrogen-bond donors (Lipinski definition) is 1. The Hall–Kier alpha value is -1.68. The summed E-state index contributed by atoms with van der Waals surface area (Å²) in [5.41, 5.74) is 0.878. The average molecular weight is 255 g/mol. The summed E-state index contributed by atoms with van der Waals surface area (Å²) in [6.45, 7) is 0.160. The lowest BCUT2D eigenvalue weighted by atomic mass is 10.2. The second-order valence-electron chi connectivity index (χ2n) is 3.44. The second kappa shape index (κ2) is 5.10. The molecule has 1 aromatic heterocycles. The predicted octanol–water partition coefficient (Wildman–Crippen LogP) is 3.63. The van der Waals surface area contributed by atoms with Crippen molar-refractivity contribution in [1.82, 2.24) is 4.98 Å². The van der Waals surface area contributed by atoms with E-state index in [9.17, 15) is 8.78 Å². The molecule has 0 aliphatic heterocycles. The molecule has 2 nitrogen and oxygen atoms in total. The maximum atomic E-state index is 13.3. The predicted molar refractivity (Wildman–Crippen MR) is 62.9 cm³/mol. The van der Waals surface area contributed by atoms with Gasteiger partial charge in [-0.3, -0.25) is 4.98 Å². The summed E-state index contributed by atoms with van der Waals surface area (Å²) < 4.78 is 26.2. The highest BCUT2D eigenvalue weighted by atomic mass is 35.5. The maximum Gasteiger partial charge on any atom is 0.128 e. The number of nitrogens with one attached hydrogen (secondary N) is 1. The Bertz CT molecular complexity index is 532. The number of benzene rings is 1. The Morgan fingerprint density at radius 3 is 2.82 bits per heavy atom. The fourth-order valence-corrected chi connectivity index (χ4v) is 1.57. The van der Waals surface area contributed by atoms with Gasteiger partial charge in [-0.2, -0.15) is 0 Å². The molecule has 0 saturated heterocycles. The first-order valence-corrected chi connectivity index (χ1v) is 5.32. The van der Waals surface area contributed by atoms with Crippen molar-refractivity contribution < 1.29 is 8.78 Å². The highest BCUT2D eigenvalue weighted by Gasteiger charge is 2.05. The van der Waals surface area contributed by atoms with Crippen LogP contribution in [0, 0.1) is 11.6 Å². The highest BCUT2D eigenvalue weighted by molar-refractivity contribution is 6.33. The van der Waals surface area contributed by atoms with Crippen molar-refractivity contribution in [1.29, 1.82) is 0 Å². The zero-order valence-corrected chi connectivity index (χ0v) is 9.51. The van der Waals surface area contributed by atoms with Gasteiger partial charge in [0.25, 0.3) is 0 Å². The topological polar surface area (TPSA) is 24.9 Å². The number of hydrogen-bond acceptors (Lipinski definition) is 2. The maximum absolute atomic E-state index is 13.3. The summed E-state index contributed by atoms with van der Waals surface area (Å²) >= 11 is 5.87. The van der Waals surface area contributed by atoms with E-state index in [1.807, 2.05) is 0 Å². The SMILES string of the molecule is Fc1ccc(F)c(CNc2ccncc2Cl)c1. The minimum absolute atomic E-state index is 0.160. The molecule has 0 atom stereocenters. The fourth-order valence-electron chi connectivity index (χ4n) is 1.39. The van der Waals surface area contributed by atoms with Crippen LogP contribution in [-0.2, 0) is 6.54 Å². The van der Waals surface area contributed by atoms with E-state index in [2.05, 4.69) is 10.3 Å². The van der Waals surface area contributed by atoms with Crippen LogP contribution < -0.4 is 5.32 Å². The third-order valence-electron chi connectivity index (χ3n) is 2.25. The van der Waals surface area contributed by atoms with Crippen molar-refractivity contribution in [2.24, 2.45) is 0 Å². The molecule has 88 valence electrons. The van der Waals surface area contributed by atoms with Crippen LogP contribution in [0.3, 0.4) is 0 Å². The zero-order chi connectivity index (χ0) is 12.3. The van der Waals surface area contributed by atoms with Crippen LogP contribution in [0.1, 0.15) is 5.56 Å². The van der Waals surface area contributed by atoms with Crippen LogP contribution in [0.4, 0.5) is 14.5 Å². The van der Waals surface area contributed by atoms with Crippen molar-refractivity contribution in [3.63, 3.8) is 0 Å². The van der Waals surface area contributed by atoms with Gasteiger partial charge in [-0.25, -0.2) is 8.78 Å². The number of pyridine rings is 1. The molecule has 0 aliphatic carbocycles. The summed E-state index contributed by atoms with van der Waals surface area (Å²) in [6, 6.07) is 5.00. The van der Waals surface area contributed by atoms with Crippen molar-refractivity contribution in [2.45, 2.75) is 6.54 Å². The smallest absolute Gasteiger partial charge is 0.128 e. The molecular weight excluding hydrogens is 246 g/mol. The van der Waals surface area contributed by atoms with Gasteiger partial charge < -0.3 is 5.32 Å². The van der Waals surface area contributed by atoms with Gasteiger partial charge in [-0.1, -0.05) is 11.6 Å². The first-order valence-electron chi connectivity index (χ1n) is 4.94. The molecule has 0 unspecified atom stereocenters. The van der Waals surface area contributed by atoms with Gasteiger partial charge in [0.05, 0.1) is 10.7 Å². The van der Waals surface area contributed by atoms with Crippen molar-refractivity contribution >= 4 is 17.3 Å². The Morgan fingerprint density at radius 1 is 1.24 bits per heavy atom. The average Bonchev–Trinajstić information content (AvgIpc) is 2.32. The van der Waals surface area contributed by atoms with Crippen molar-refractivity contribution in [2.75, 3.05) is 5.32 Å². The fraction of sp³-hybridized carbons (Fsp3) is 0.0833. The number of halogens is 3. The molecule has 2 aromatic rings. The van der Waals surface area contributed by atoms with Gasteiger partial charge in [-0.05, 0) is 24.3 Å². The van der Waals surface area contributed by atoms with Crippen LogP contribution in [0.25, 0.3) is 0 Å². The molecule has 2 rings (SSSR count). The first kappa shape index (κ1) is 11.8. The van der Waals surface area contributed by atoms with Crippen LogP contribution in [0.15, 0.2) is 36.7 Å². The van der Waals surface area contributed by atoms with E-state index in [0.29, 0.717) is 10.7 Å². The van der Waals surface area contributed by atoms with Crippen LogP contribution in [0.2, 0.25) is 5.02 Å². The number of anilines is 1. The number of aromatic nitrogens is 1. The largest absolute Gasteiger partial charge is 0.380 e. The summed E-state index contributed by atoms with van der Waals surface area (Å²) in [6.07, 6.45) is 3.04. The standard InChI is InChI=1S/C12H9ClF2N2/c13-10-7-16-4-3-12(10)17-6-8-5-9(14)1-2-11(8)15/h1-5,7H,6H2,(H,16,17). The third-order valence-corrected chi connectivity index (χ3v) is 2.55. The summed E-state index contributed by atoms with van der Waals surface area (Å²) in [5.74, 6) is -0.923. The summed E-state index contributed by atoms with van der Waals surface area (Å²) in [7, 11) is 0. The molecule has 0 fully saturated rings. The van der Waals surface area contributed by atoms with E-state index in [4.69, 9.17) is 11.6 Å². The van der Waals surface area contributed by atoms with Gasteiger partial charge in [0.1, 0.15) is 11.6 Å². The van der Waals surface area contributed by atoms with E-state index >= 15 is 0 Å². The molecular formula is C12H9ClF2N2. The molecule has 0 radical (unpaired) electrons. The molecule has 0 saturated carbocycles. The van der Waals surface area contributed by atoms with Gasteiger partial charge in [-0.15, -0.1) is 0 Å². The number of nitrogens with zero attached hydrogens (tertiary/aromatic N) is 1. The molecule has 1 N–H and O–H groups in total. The van der Waals surface area contributed by atoms with Gasteiger partial charge in [0, 0.05) is 24.5 Å². The van der Waals surface area contributed by atoms with Crippen molar-refractivity contribution in [3.8, 4) is 0 Å². The molecule has 0 spiro atoms. The van der Waals surface area contributed by atoms with E-state index < -0.39 is 11.6 Å².